The molecule has 1 amide bonds. The van der Waals surface area contributed by atoms with Gasteiger partial charge in [-0.15, -0.1) is 0 Å². The fourth-order valence-electron chi connectivity index (χ4n) is 2.68. The first-order chi connectivity index (χ1) is 10.1. The van der Waals surface area contributed by atoms with E-state index in [0.717, 1.165) is 19.3 Å². The van der Waals surface area contributed by atoms with Crippen LogP contribution in [0.3, 0.4) is 0 Å². The Morgan fingerprint density at radius 2 is 2.10 bits per heavy atom. The number of hydrogen-bond acceptors (Lipinski definition) is 4. The van der Waals surface area contributed by atoms with Gasteiger partial charge in [0.25, 0.3) is 5.69 Å². The molecule has 0 aromatic heterocycles. The van der Waals surface area contributed by atoms with Crippen LogP contribution >= 0.6 is 0 Å². The van der Waals surface area contributed by atoms with Crippen molar-refractivity contribution < 1.29 is 9.72 Å². The van der Waals surface area contributed by atoms with Crippen LogP contribution in [0.5, 0.6) is 0 Å². The van der Waals surface area contributed by atoms with Crippen LogP contribution in [0.15, 0.2) is 24.3 Å². The molecule has 1 aliphatic rings. The maximum atomic E-state index is 12.3. The summed E-state index contributed by atoms with van der Waals surface area (Å²) in [6, 6.07) is 8.30. The summed E-state index contributed by atoms with van der Waals surface area (Å²) in [5.41, 5.74) is -0.283. The number of hydrogen-bond donors (Lipinski definition) is 1. The number of benzene rings is 1. The highest BCUT2D eigenvalue weighted by Gasteiger charge is 2.39. The third-order valence-corrected chi connectivity index (χ3v) is 3.93. The molecule has 0 heterocycles. The Hall–Kier alpha value is -2.42. The highest BCUT2D eigenvalue weighted by Crippen LogP contribution is 2.35. The van der Waals surface area contributed by atoms with E-state index in [9.17, 15) is 20.2 Å². The number of nitrogens with one attached hydrogen (secondary N) is 1. The SMILES string of the molecule is N#CC1(C(=O)NCc2cccc([N+](=O)[O-])c2)CCCCC1. The van der Waals surface area contributed by atoms with E-state index >= 15 is 0 Å². The van der Waals surface area contributed by atoms with Crippen LogP contribution < -0.4 is 5.32 Å². The van der Waals surface area contributed by atoms with Gasteiger partial charge in [-0.25, -0.2) is 0 Å². The van der Waals surface area contributed by atoms with Gasteiger partial charge in [0.2, 0.25) is 5.91 Å². The zero-order chi connectivity index (χ0) is 15.3. The van der Waals surface area contributed by atoms with E-state index in [4.69, 9.17) is 0 Å². The Kier molecular flexibility index (Phi) is 4.53. The van der Waals surface area contributed by atoms with Crippen molar-refractivity contribution in [2.75, 3.05) is 0 Å². The number of non-ortho nitro benzene ring substituents is 1. The number of carbonyl (C=O) groups excluding carboxylic acids is 1. The molecule has 0 aliphatic heterocycles. The Morgan fingerprint density at radius 3 is 2.71 bits per heavy atom. The zero-order valence-corrected chi connectivity index (χ0v) is 11.7. The predicted octanol–water partition coefficient (Wildman–Crippen LogP) is 2.69. The summed E-state index contributed by atoms with van der Waals surface area (Å²) in [5.74, 6) is -0.267. The minimum Gasteiger partial charge on any atom is -0.351 e. The minimum atomic E-state index is -0.932. The van der Waals surface area contributed by atoms with Gasteiger partial charge in [0.1, 0.15) is 5.41 Å². The second kappa shape index (κ2) is 6.35. The number of amides is 1. The Balaban J connectivity index is 2.02. The van der Waals surface area contributed by atoms with Gasteiger partial charge in [0.05, 0.1) is 11.0 Å². The zero-order valence-electron chi connectivity index (χ0n) is 11.7. The average Bonchev–Trinajstić information content (AvgIpc) is 2.53. The molecule has 1 aromatic carbocycles. The van der Waals surface area contributed by atoms with E-state index in [2.05, 4.69) is 11.4 Å². The fourth-order valence-corrected chi connectivity index (χ4v) is 2.68. The number of nitriles is 1. The van der Waals surface area contributed by atoms with E-state index in [1.807, 2.05) is 0 Å². The molecule has 1 fully saturated rings. The summed E-state index contributed by atoms with van der Waals surface area (Å²) in [5, 5.41) is 22.8. The van der Waals surface area contributed by atoms with Gasteiger partial charge in [-0.05, 0) is 18.4 Å². The summed E-state index contributed by atoms with van der Waals surface area (Å²) < 4.78 is 0. The molecule has 1 aliphatic carbocycles. The first-order valence-electron chi connectivity index (χ1n) is 7.00. The lowest BCUT2D eigenvalue weighted by molar-refractivity contribution is -0.384. The van der Waals surface area contributed by atoms with Crippen molar-refractivity contribution in [3.8, 4) is 6.07 Å². The van der Waals surface area contributed by atoms with Crippen LogP contribution in [0.4, 0.5) is 5.69 Å². The first kappa shape index (κ1) is 15.0. The maximum absolute atomic E-state index is 12.3. The van der Waals surface area contributed by atoms with Gasteiger partial charge in [-0.2, -0.15) is 5.26 Å². The molecule has 2 rings (SSSR count). The molecule has 0 atom stereocenters. The summed E-state index contributed by atoms with van der Waals surface area (Å²) in [6.45, 7) is 0.198. The van der Waals surface area contributed by atoms with E-state index in [1.54, 1.807) is 12.1 Å². The number of nitro groups is 1. The van der Waals surface area contributed by atoms with Crippen LogP contribution in [0.1, 0.15) is 37.7 Å². The van der Waals surface area contributed by atoms with Crippen molar-refractivity contribution >= 4 is 11.6 Å². The molecule has 1 saturated carbocycles. The molecule has 0 unspecified atom stereocenters. The Morgan fingerprint density at radius 1 is 1.38 bits per heavy atom. The second-order valence-electron chi connectivity index (χ2n) is 5.36. The maximum Gasteiger partial charge on any atom is 0.269 e. The monoisotopic (exact) mass is 287 g/mol. The average molecular weight is 287 g/mol. The summed E-state index contributed by atoms with van der Waals surface area (Å²) >= 11 is 0. The highest BCUT2D eigenvalue weighted by molar-refractivity contribution is 5.85. The van der Waals surface area contributed by atoms with E-state index in [0.29, 0.717) is 18.4 Å². The van der Waals surface area contributed by atoms with Gasteiger partial charge >= 0.3 is 0 Å². The third kappa shape index (κ3) is 3.37. The number of rotatable bonds is 4. The van der Waals surface area contributed by atoms with E-state index in [-0.39, 0.29) is 18.1 Å². The Bertz CT molecular complexity index is 586. The smallest absolute Gasteiger partial charge is 0.269 e. The molecule has 110 valence electrons. The standard InChI is InChI=1S/C15H17N3O3/c16-11-15(7-2-1-3-8-15)14(19)17-10-12-5-4-6-13(9-12)18(20)21/h4-6,9H,1-3,7-8,10H2,(H,17,19). The van der Waals surface area contributed by atoms with Crippen molar-refractivity contribution in [2.24, 2.45) is 5.41 Å². The molecule has 0 saturated heterocycles. The van der Waals surface area contributed by atoms with Crippen LogP contribution in [0.25, 0.3) is 0 Å². The van der Waals surface area contributed by atoms with Gasteiger partial charge in [0, 0.05) is 18.7 Å². The van der Waals surface area contributed by atoms with Crippen molar-refractivity contribution in [1.82, 2.24) is 5.32 Å². The number of nitro benzene ring substituents is 1. The molecular formula is C15H17N3O3. The van der Waals surface area contributed by atoms with E-state index in [1.165, 1.54) is 12.1 Å². The Labute approximate surface area is 122 Å². The van der Waals surface area contributed by atoms with Crippen LogP contribution in [-0.4, -0.2) is 10.8 Å². The van der Waals surface area contributed by atoms with Gasteiger partial charge in [-0.1, -0.05) is 31.4 Å². The lowest BCUT2D eigenvalue weighted by Crippen LogP contribution is -2.41. The lowest BCUT2D eigenvalue weighted by Gasteiger charge is -2.29. The molecule has 6 nitrogen and oxygen atoms in total. The van der Waals surface area contributed by atoms with Gasteiger partial charge in [0.15, 0.2) is 0 Å². The highest BCUT2D eigenvalue weighted by atomic mass is 16.6. The summed E-state index contributed by atoms with van der Waals surface area (Å²) in [7, 11) is 0. The van der Waals surface area contributed by atoms with Gasteiger partial charge in [-0.3, -0.25) is 14.9 Å². The topological polar surface area (TPSA) is 96.0 Å². The van der Waals surface area contributed by atoms with Crippen LogP contribution in [0, 0.1) is 26.9 Å². The minimum absolute atomic E-state index is 0.00517. The van der Waals surface area contributed by atoms with Crippen molar-refractivity contribution in [3.05, 3.63) is 39.9 Å². The second-order valence-corrected chi connectivity index (χ2v) is 5.36. The van der Waals surface area contributed by atoms with Crippen LogP contribution in [-0.2, 0) is 11.3 Å². The molecule has 21 heavy (non-hydrogen) atoms. The first-order valence-corrected chi connectivity index (χ1v) is 7.00. The molecular weight excluding hydrogens is 270 g/mol. The van der Waals surface area contributed by atoms with Crippen molar-refractivity contribution in [2.45, 2.75) is 38.6 Å². The normalized spacial score (nSPS) is 16.7. The largest absolute Gasteiger partial charge is 0.351 e. The number of nitrogens with zero attached hydrogens (tertiary/aromatic N) is 2. The van der Waals surface area contributed by atoms with Crippen molar-refractivity contribution in [1.29, 1.82) is 5.26 Å². The molecule has 0 radical (unpaired) electrons. The van der Waals surface area contributed by atoms with Crippen LogP contribution in [0.2, 0.25) is 0 Å². The molecule has 0 bridgehead atoms. The molecule has 6 heteroatoms. The molecule has 1 aromatic rings. The summed E-state index contributed by atoms with van der Waals surface area (Å²) in [6.07, 6.45) is 4.01. The van der Waals surface area contributed by atoms with Gasteiger partial charge < -0.3 is 5.32 Å². The third-order valence-electron chi connectivity index (χ3n) is 3.93. The fraction of sp³-hybridized carbons (Fsp3) is 0.467. The number of carbonyl (C=O) groups is 1. The lowest BCUT2D eigenvalue weighted by atomic mass is 9.74. The summed E-state index contributed by atoms with van der Waals surface area (Å²) in [4.78, 5) is 22.5. The molecule has 1 N–H and O–H groups in total. The van der Waals surface area contributed by atoms with E-state index < -0.39 is 10.3 Å². The quantitative estimate of drug-likeness (QED) is 0.680. The molecule has 0 spiro atoms. The van der Waals surface area contributed by atoms with Crippen molar-refractivity contribution in [3.63, 3.8) is 0 Å². The predicted molar refractivity (Wildman–Crippen MR) is 76.1 cm³/mol.